The highest BCUT2D eigenvalue weighted by Gasteiger charge is 2.36. The number of amides is 3. The molecule has 0 bridgehead atoms. The molecule has 7 heteroatoms. The Balaban J connectivity index is 2.07. The fourth-order valence-corrected chi connectivity index (χ4v) is 2.38. The molecule has 0 spiro atoms. The van der Waals surface area contributed by atoms with Crippen LogP contribution in [0.1, 0.15) is 20.7 Å². The quantitative estimate of drug-likeness (QED) is 0.648. The van der Waals surface area contributed by atoms with Crippen molar-refractivity contribution in [3.05, 3.63) is 35.4 Å². The molecule has 1 aliphatic rings. The number of benzene rings is 1. The molecule has 0 N–H and O–H groups in total. The SMILES string of the molecule is COCCN(CCOC)C(=O)CN1C(=O)c2ccccc2C1=O. The van der Waals surface area contributed by atoms with Crippen molar-refractivity contribution in [3.63, 3.8) is 0 Å². The van der Waals surface area contributed by atoms with E-state index in [2.05, 4.69) is 0 Å². The van der Waals surface area contributed by atoms with Crippen LogP contribution < -0.4 is 0 Å². The van der Waals surface area contributed by atoms with E-state index in [0.29, 0.717) is 37.4 Å². The van der Waals surface area contributed by atoms with E-state index in [1.807, 2.05) is 0 Å². The maximum atomic E-state index is 12.4. The monoisotopic (exact) mass is 320 g/mol. The number of carbonyl (C=O) groups excluding carboxylic acids is 3. The van der Waals surface area contributed by atoms with Gasteiger partial charge in [0.25, 0.3) is 11.8 Å². The van der Waals surface area contributed by atoms with Gasteiger partial charge < -0.3 is 14.4 Å². The van der Waals surface area contributed by atoms with Gasteiger partial charge >= 0.3 is 0 Å². The van der Waals surface area contributed by atoms with Crippen molar-refractivity contribution in [1.29, 1.82) is 0 Å². The summed E-state index contributed by atoms with van der Waals surface area (Å²) in [6, 6.07) is 6.57. The molecule has 0 saturated heterocycles. The van der Waals surface area contributed by atoms with Gasteiger partial charge in [-0.3, -0.25) is 19.3 Å². The zero-order valence-electron chi connectivity index (χ0n) is 13.3. The van der Waals surface area contributed by atoms with E-state index < -0.39 is 11.8 Å². The molecule has 3 amide bonds. The Hall–Kier alpha value is -2.25. The van der Waals surface area contributed by atoms with Crippen molar-refractivity contribution in [2.45, 2.75) is 0 Å². The lowest BCUT2D eigenvalue weighted by Crippen LogP contribution is -2.44. The summed E-state index contributed by atoms with van der Waals surface area (Å²) in [5.74, 6) is -1.18. The van der Waals surface area contributed by atoms with Crippen molar-refractivity contribution in [2.24, 2.45) is 0 Å². The van der Waals surface area contributed by atoms with Crippen molar-refractivity contribution in [1.82, 2.24) is 9.80 Å². The molecule has 1 aromatic carbocycles. The van der Waals surface area contributed by atoms with E-state index in [0.717, 1.165) is 4.90 Å². The molecule has 0 radical (unpaired) electrons. The number of nitrogens with zero attached hydrogens (tertiary/aromatic N) is 2. The first-order chi connectivity index (χ1) is 11.1. The van der Waals surface area contributed by atoms with Crippen LogP contribution in [0, 0.1) is 0 Å². The maximum absolute atomic E-state index is 12.4. The third kappa shape index (κ3) is 3.75. The number of methoxy groups -OCH3 is 2. The molecule has 124 valence electrons. The summed E-state index contributed by atoms with van der Waals surface area (Å²) >= 11 is 0. The number of hydrogen-bond acceptors (Lipinski definition) is 5. The zero-order chi connectivity index (χ0) is 16.8. The largest absolute Gasteiger partial charge is 0.383 e. The summed E-state index contributed by atoms with van der Waals surface area (Å²) in [7, 11) is 3.09. The minimum absolute atomic E-state index is 0.278. The number of rotatable bonds is 8. The topological polar surface area (TPSA) is 76.2 Å². The van der Waals surface area contributed by atoms with Gasteiger partial charge in [0.15, 0.2) is 0 Å². The summed E-state index contributed by atoms with van der Waals surface area (Å²) < 4.78 is 9.97. The summed E-state index contributed by atoms with van der Waals surface area (Å²) in [4.78, 5) is 39.5. The standard InChI is InChI=1S/C16H20N2O5/c1-22-9-7-17(8-10-23-2)14(19)11-18-15(20)12-5-3-4-6-13(12)16(18)21/h3-6H,7-11H2,1-2H3. The third-order valence-corrected chi connectivity index (χ3v) is 3.65. The Labute approximate surface area is 134 Å². The fraction of sp³-hybridized carbons (Fsp3) is 0.438. The maximum Gasteiger partial charge on any atom is 0.262 e. The molecular weight excluding hydrogens is 300 g/mol. The lowest BCUT2D eigenvalue weighted by atomic mass is 10.1. The predicted octanol–water partition coefficient (Wildman–Crippen LogP) is 0.404. The van der Waals surface area contributed by atoms with Gasteiger partial charge in [0.2, 0.25) is 5.91 Å². The first-order valence-electron chi connectivity index (χ1n) is 7.31. The van der Waals surface area contributed by atoms with Crippen LogP contribution in [0.15, 0.2) is 24.3 Å². The van der Waals surface area contributed by atoms with E-state index in [-0.39, 0.29) is 12.5 Å². The molecule has 1 heterocycles. The van der Waals surface area contributed by atoms with Crippen molar-refractivity contribution >= 4 is 17.7 Å². The van der Waals surface area contributed by atoms with Gasteiger partial charge in [0, 0.05) is 27.3 Å². The molecule has 0 atom stereocenters. The lowest BCUT2D eigenvalue weighted by Gasteiger charge is -2.24. The fourth-order valence-electron chi connectivity index (χ4n) is 2.38. The van der Waals surface area contributed by atoms with Crippen LogP contribution in [0.5, 0.6) is 0 Å². The summed E-state index contributed by atoms with van der Waals surface area (Å²) in [6.45, 7) is 1.22. The van der Waals surface area contributed by atoms with E-state index in [1.54, 1.807) is 38.5 Å². The van der Waals surface area contributed by atoms with E-state index in [1.165, 1.54) is 4.90 Å². The second-order valence-corrected chi connectivity index (χ2v) is 5.11. The Morgan fingerprint density at radius 2 is 1.48 bits per heavy atom. The highest BCUT2D eigenvalue weighted by Crippen LogP contribution is 2.22. The van der Waals surface area contributed by atoms with Gasteiger partial charge in [0.1, 0.15) is 6.54 Å². The molecule has 1 aliphatic heterocycles. The van der Waals surface area contributed by atoms with Crippen LogP contribution in [0.3, 0.4) is 0 Å². The van der Waals surface area contributed by atoms with Gasteiger partial charge in [-0.25, -0.2) is 0 Å². The Kier molecular flexibility index (Phi) is 5.84. The van der Waals surface area contributed by atoms with Crippen LogP contribution >= 0.6 is 0 Å². The predicted molar refractivity (Wildman–Crippen MR) is 82.1 cm³/mol. The molecular formula is C16H20N2O5. The first-order valence-corrected chi connectivity index (χ1v) is 7.31. The smallest absolute Gasteiger partial charge is 0.262 e. The van der Waals surface area contributed by atoms with E-state index in [4.69, 9.17) is 9.47 Å². The van der Waals surface area contributed by atoms with Gasteiger partial charge in [-0.05, 0) is 12.1 Å². The van der Waals surface area contributed by atoms with Gasteiger partial charge in [-0.15, -0.1) is 0 Å². The molecule has 0 fully saturated rings. The molecule has 1 aromatic rings. The normalized spacial score (nSPS) is 13.4. The number of hydrogen-bond donors (Lipinski definition) is 0. The minimum Gasteiger partial charge on any atom is -0.383 e. The summed E-state index contributed by atoms with van der Waals surface area (Å²) in [6.07, 6.45) is 0. The van der Waals surface area contributed by atoms with Crippen molar-refractivity contribution in [3.8, 4) is 0 Å². The lowest BCUT2D eigenvalue weighted by molar-refractivity contribution is -0.132. The summed E-state index contributed by atoms with van der Waals surface area (Å²) in [5.41, 5.74) is 0.677. The van der Waals surface area contributed by atoms with Crippen LogP contribution in [0.25, 0.3) is 0 Å². The van der Waals surface area contributed by atoms with Crippen LogP contribution in [0.4, 0.5) is 0 Å². The average molecular weight is 320 g/mol. The molecule has 0 aliphatic carbocycles. The number of ether oxygens (including phenoxy) is 2. The van der Waals surface area contributed by atoms with Crippen LogP contribution in [-0.4, -0.2) is 74.6 Å². The second kappa shape index (κ2) is 7.85. The summed E-state index contributed by atoms with van der Waals surface area (Å²) in [5, 5.41) is 0. The molecule has 2 rings (SSSR count). The molecule has 23 heavy (non-hydrogen) atoms. The Bertz CT molecular complexity index is 559. The van der Waals surface area contributed by atoms with Crippen molar-refractivity contribution in [2.75, 3.05) is 47.1 Å². The highest BCUT2D eigenvalue weighted by atomic mass is 16.5. The van der Waals surface area contributed by atoms with Crippen LogP contribution in [-0.2, 0) is 14.3 Å². The van der Waals surface area contributed by atoms with E-state index in [9.17, 15) is 14.4 Å². The first kappa shape index (κ1) is 17.1. The third-order valence-electron chi connectivity index (χ3n) is 3.65. The number of fused-ring (bicyclic) bond motifs is 1. The Morgan fingerprint density at radius 1 is 1.00 bits per heavy atom. The average Bonchev–Trinajstić information content (AvgIpc) is 2.80. The zero-order valence-corrected chi connectivity index (χ0v) is 13.3. The minimum atomic E-state index is -0.433. The number of carbonyl (C=O) groups is 3. The molecule has 0 unspecified atom stereocenters. The van der Waals surface area contributed by atoms with Crippen molar-refractivity contribution < 1.29 is 23.9 Å². The van der Waals surface area contributed by atoms with Gasteiger partial charge in [0.05, 0.1) is 24.3 Å². The van der Waals surface area contributed by atoms with Gasteiger partial charge in [-0.1, -0.05) is 12.1 Å². The molecule has 0 aromatic heterocycles. The molecule has 0 saturated carbocycles. The highest BCUT2D eigenvalue weighted by molar-refractivity contribution is 6.22. The van der Waals surface area contributed by atoms with Gasteiger partial charge in [-0.2, -0.15) is 0 Å². The van der Waals surface area contributed by atoms with Crippen LogP contribution in [0.2, 0.25) is 0 Å². The number of imide groups is 1. The Morgan fingerprint density at radius 3 is 1.91 bits per heavy atom. The van der Waals surface area contributed by atoms with E-state index >= 15 is 0 Å². The molecule has 7 nitrogen and oxygen atoms in total. The second-order valence-electron chi connectivity index (χ2n) is 5.11.